The molecule has 0 aromatic carbocycles. The normalized spacial score (nSPS) is 16.7. The van der Waals surface area contributed by atoms with Crippen LogP contribution in [0.15, 0.2) is 36.0 Å². The first kappa shape index (κ1) is 6.02. The van der Waals surface area contributed by atoms with Crippen molar-refractivity contribution in [1.82, 2.24) is 0 Å². The minimum absolute atomic E-state index is 0.705. The third-order valence-electron chi connectivity index (χ3n) is 1.12. The van der Waals surface area contributed by atoms with Crippen LogP contribution < -0.4 is 0 Å². The van der Waals surface area contributed by atoms with Crippen LogP contribution in [0.2, 0.25) is 0 Å². The van der Waals surface area contributed by atoms with Crippen molar-refractivity contribution in [2.45, 2.75) is 6.42 Å². The van der Waals surface area contributed by atoms with Crippen LogP contribution in [0, 0.1) is 0 Å². The molecule has 0 aliphatic heterocycles. The number of allylic oxidation sites excluding steroid dienone is 6. The van der Waals surface area contributed by atoms with E-state index in [9.17, 15) is 4.79 Å². The van der Waals surface area contributed by atoms with E-state index in [0.717, 1.165) is 0 Å². The fourth-order valence-electron chi connectivity index (χ4n) is 0.653. The Morgan fingerprint density at radius 2 is 2.22 bits per heavy atom. The summed E-state index contributed by atoms with van der Waals surface area (Å²) < 4.78 is 0. The summed E-state index contributed by atoms with van der Waals surface area (Å²) in [6.07, 6.45) is 11.9. The van der Waals surface area contributed by atoms with Gasteiger partial charge in [-0.05, 0) is 6.42 Å². The molecule has 0 amide bonds. The third-order valence-corrected chi connectivity index (χ3v) is 1.12. The zero-order chi connectivity index (χ0) is 6.53. The molecule has 0 saturated carbocycles. The molecule has 1 nitrogen and oxygen atoms in total. The minimum atomic E-state index is 0.705. The largest absolute Gasteiger partial charge is 0.285 e. The van der Waals surface area contributed by atoms with Gasteiger partial charge in [0.05, 0.1) is 0 Å². The molecule has 45 valence electrons. The summed E-state index contributed by atoms with van der Waals surface area (Å²) in [6, 6.07) is 0. The highest BCUT2D eigenvalue weighted by molar-refractivity contribution is 5.75. The lowest BCUT2D eigenvalue weighted by molar-refractivity contribution is 0.561. The monoisotopic (exact) mass is 119 g/mol. The molecular weight excluding hydrogens is 112 g/mol. The number of hydrogen-bond acceptors (Lipinski definition) is 1. The highest BCUT2D eigenvalue weighted by atomic mass is 16.1. The molecule has 0 atom stereocenters. The van der Waals surface area contributed by atoms with Crippen molar-refractivity contribution in [2.75, 3.05) is 0 Å². The highest BCUT2D eigenvalue weighted by Gasteiger charge is 1.91. The van der Waals surface area contributed by atoms with E-state index >= 15 is 0 Å². The van der Waals surface area contributed by atoms with Crippen LogP contribution in [0.1, 0.15) is 6.42 Å². The minimum Gasteiger partial charge on any atom is -0.285 e. The Labute approximate surface area is 54.4 Å². The van der Waals surface area contributed by atoms with Crippen molar-refractivity contribution < 1.29 is 4.79 Å². The summed E-state index contributed by atoms with van der Waals surface area (Å²) in [5.41, 5.74) is 0.708. The van der Waals surface area contributed by atoms with Gasteiger partial charge in [0.2, 0.25) is 6.29 Å². The molecular formula is C8H7O. The Bertz CT molecular complexity index is 185. The summed E-state index contributed by atoms with van der Waals surface area (Å²) in [7, 11) is 0. The summed E-state index contributed by atoms with van der Waals surface area (Å²) in [6.45, 7) is 0. The van der Waals surface area contributed by atoms with Gasteiger partial charge in [-0.1, -0.05) is 30.4 Å². The quantitative estimate of drug-likeness (QED) is 0.511. The zero-order valence-corrected chi connectivity index (χ0v) is 5.00. The summed E-state index contributed by atoms with van der Waals surface area (Å²) >= 11 is 0. The molecule has 0 unspecified atom stereocenters. The Hall–Kier alpha value is -1.11. The SMILES string of the molecule is O=[C]C1=CC=CC=CC1. The molecule has 0 fully saturated rings. The van der Waals surface area contributed by atoms with E-state index in [0.29, 0.717) is 12.0 Å². The maximum Gasteiger partial charge on any atom is 0.229 e. The Morgan fingerprint density at radius 3 is 3.00 bits per heavy atom. The van der Waals surface area contributed by atoms with Crippen LogP contribution >= 0.6 is 0 Å². The lowest BCUT2D eigenvalue weighted by Crippen LogP contribution is -1.78. The molecule has 0 aromatic heterocycles. The summed E-state index contributed by atoms with van der Waals surface area (Å²) in [5.74, 6) is 0. The van der Waals surface area contributed by atoms with E-state index < -0.39 is 0 Å². The number of carbonyl (C=O) groups excluding carboxylic acids is 1. The first-order chi connectivity index (χ1) is 4.43. The second-order valence-corrected chi connectivity index (χ2v) is 1.81. The van der Waals surface area contributed by atoms with E-state index in [-0.39, 0.29) is 0 Å². The topological polar surface area (TPSA) is 17.1 Å². The number of hydrogen-bond donors (Lipinski definition) is 0. The molecule has 0 aromatic rings. The van der Waals surface area contributed by atoms with E-state index in [1.54, 1.807) is 6.08 Å². The van der Waals surface area contributed by atoms with Crippen LogP contribution in [0.3, 0.4) is 0 Å². The summed E-state index contributed by atoms with van der Waals surface area (Å²) in [5, 5.41) is 0. The van der Waals surface area contributed by atoms with Gasteiger partial charge in [0.15, 0.2) is 0 Å². The molecule has 0 bridgehead atoms. The van der Waals surface area contributed by atoms with Gasteiger partial charge in [-0.2, -0.15) is 0 Å². The highest BCUT2D eigenvalue weighted by Crippen LogP contribution is 2.02. The zero-order valence-electron chi connectivity index (χ0n) is 5.00. The maximum absolute atomic E-state index is 10.1. The first-order valence-corrected chi connectivity index (χ1v) is 2.84. The second kappa shape index (κ2) is 3.02. The molecule has 0 N–H and O–H groups in total. The van der Waals surface area contributed by atoms with Crippen molar-refractivity contribution in [3.8, 4) is 0 Å². The van der Waals surface area contributed by atoms with Gasteiger partial charge in [0.1, 0.15) is 0 Å². The van der Waals surface area contributed by atoms with Crippen molar-refractivity contribution in [3.63, 3.8) is 0 Å². The van der Waals surface area contributed by atoms with Crippen molar-refractivity contribution in [2.24, 2.45) is 0 Å². The van der Waals surface area contributed by atoms with E-state index in [4.69, 9.17) is 0 Å². The van der Waals surface area contributed by atoms with Gasteiger partial charge < -0.3 is 0 Å². The summed E-state index contributed by atoms with van der Waals surface area (Å²) in [4.78, 5) is 10.1. The molecule has 0 spiro atoms. The fraction of sp³-hybridized carbons (Fsp3) is 0.125. The predicted molar refractivity (Wildman–Crippen MR) is 36.7 cm³/mol. The van der Waals surface area contributed by atoms with Gasteiger partial charge in [-0.25, -0.2) is 0 Å². The average Bonchev–Trinajstić information content (AvgIpc) is 2.13. The van der Waals surface area contributed by atoms with Crippen molar-refractivity contribution >= 4 is 6.29 Å². The third kappa shape index (κ3) is 1.68. The Kier molecular flexibility index (Phi) is 2.02. The second-order valence-electron chi connectivity index (χ2n) is 1.81. The van der Waals surface area contributed by atoms with Gasteiger partial charge in [0, 0.05) is 5.57 Å². The van der Waals surface area contributed by atoms with Crippen molar-refractivity contribution in [3.05, 3.63) is 36.0 Å². The fourth-order valence-corrected chi connectivity index (χ4v) is 0.653. The molecule has 1 heteroatoms. The molecule has 1 rings (SSSR count). The van der Waals surface area contributed by atoms with Crippen LogP contribution in [-0.4, -0.2) is 6.29 Å². The average molecular weight is 119 g/mol. The van der Waals surface area contributed by atoms with E-state index in [1.807, 2.05) is 30.6 Å². The van der Waals surface area contributed by atoms with Crippen LogP contribution in [-0.2, 0) is 4.79 Å². The van der Waals surface area contributed by atoms with Crippen molar-refractivity contribution in [1.29, 1.82) is 0 Å². The molecule has 1 aliphatic carbocycles. The molecule has 1 radical (unpaired) electrons. The molecule has 9 heavy (non-hydrogen) atoms. The smallest absolute Gasteiger partial charge is 0.229 e. The van der Waals surface area contributed by atoms with Gasteiger partial charge in [-0.3, -0.25) is 4.79 Å². The Balaban J connectivity index is 2.73. The van der Waals surface area contributed by atoms with Crippen LogP contribution in [0.5, 0.6) is 0 Å². The number of rotatable bonds is 1. The van der Waals surface area contributed by atoms with E-state index in [1.165, 1.54) is 0 Å². The van der Waals surface area contributed by atoms with Crippen LogP contribution in [0.25, 0.3) is 0 Å². The lowest BCUT2D eigenvalue weighted by atomic mass is 10.2. The molecule has 0 heterocycles. The lowest BCUT2D eigenvalue weighted by Gasteiger charge is -1.84. The van der Waals surface area contributed by atoms with Gasteiger partial charge in [-0.15, -0.1) is 0 Å². The standard InChI is InChI=1S/C8H7O/c9-7-8-5-3-1-2-4-6-8/h1-5H,6H2. The van der Waals surface area contributed by atoms with Crippen LogP contribution in [0.4, 0.5) is 0 Å². The maximum atomic E-state index is 10.1. The van der Waals surface area contributed by atoms with Gasteiger partial charge >= 0.3 is 0 Å². The molecule has 1 aliphatic rings. The van der Waals surface area contributed by atoms with Gasteiger partial charge in [0.25, 0.3) is 0 Å². The Morgan fingerprint density at radius 1 is 1.33 bits per heavy atom. The first-order valence-electron chi connectivity index (χ1n) is 2.84. The molecule has 0 saturated heterocycles. The van der Waals surface area contributed by atoms with E-state index in [2.05, 4.69) is 0 Å². The predicted octanol–water partition coefficient (Wildman–Crippen LogP) is 1.54.